The Balaban J connectivity index is 5.44. The van der Waals surface area contributed by atoms with Gasteiger partial charge in [0.25, 0.3) is 6.08 Å². The van der Waals surface area contributed by atoms with Crippen LogP contribution in [0.3, 0.4) is 0 Å². The summed E-state index contributed by atoms with van der Waals surface area (Å²) in [4.78, 5) is 10.8. The topological polar surface area (TPSA) is 26.3 Å². The van der Waals surface area contributed by atoms with Gasteiger partial charge in [0.05, 0.1) is 0 Å². The van der Waals surface area contributed by atoms with Gasteiger partial charge in [0.2, 0.25) is 0 Å². The van der Waals surface area contributed by atoms with E-state index in [4.69, 9.17) is 0 Å². The highest BCUT2D eigenvalue weighted by Gasteiger charge is 2.82. The number of unbranched alkanes of at least 4 members (excludes halogenated alkanes) is 1. The van der Waals surface area contributed by atoms with E-state index >= 15 is 0 Å². The molecule has 0 saturated carbocycles. The molecular weight excluding hydrogens is 378 g/mol. The van der Waals surface area contributed by atoms with Gasteiger partial charge in [-0.05, 0) is 25.8 Å². The summed E-state index contributed by atoms with van der Waals surface area (Å²) in [5.74, 6) is -21.3. The summed E-state index contributed by atoms with van der Waals surface area (Å²) in [6, 6.07) is 0. The Hall–Kier alpha value is -1.75. The number of alkyl halides is 8. The zero-order chi connectivity index (χ0) is 20.3. The maximum absolute atomic E-state index is 13.4. The number of halogens is 10. The zero-order valence-electron chi connectivity index (χ0n) is 12.5. The fraction of sp³-hybridized carbons (Fsp3) is 0.615. The zero-order valence-corrected chi connectivity index (χ0v) is 12.5. The van der Waals surface area contributed by atoms with Crippen molar-refractivity contribution < 1.29 is 53.4 Å². The standard InChI is InChI=1S/C13H12F10O2/c1-7(2)9(24)25-13(22,23)12(20,21)11(18,19)10(16,17)6-4-3-5-8(14)15/h5H,1,3-4,6H2,2H3. The van der Waals surface area contributed by atoms with E-state index in [0.717, 1.165) is 6.92 Å². The lowest BCUT2D eigenvalue weighted by atomic mass is 9.98. The van der Waals surface area contributed by atoms with Crippen LogP contribution < -0.4 is 0 Å². The van der Waals surface area contributed by atoms with Gasteiger partial charge in [0, 0.05) is 12.0 Å². The van der Waals surface area contributed by atoms with Crippen molar-refractivity contribution in [3.8, 4) is 0 Å². The quantitative estimate of drug-likeness (QED) is 0.223. The molecule has 146 valence electrons. The van der Waals surface area contributed by atoms with Crippen LogP contribution in [0.2, 0.25) is 0 Å². The molecule has 0 aliphatic rings. The molecule has 12 heteroatoms. The molecule has 0 atom stereocenters. The normalized spacial score (nSPS) is 13.4. The number of ether oxygens (including phenoxy) is 1. The minimum absolute atomic E-state index is 0.0651. The summed E-state index contributed by atoms with van der Waals surface area (Å²) < 4.78 is 133. The average Bonchev–Trinajstić information content (AvgIpc) is 2.42. The molecule has 0 bridgehead atoms. The maximum atomic E-state index is 13.4. The van der Waals surface area contributed by atoms with Gasteiger partial charge >= 0.3 is 29.8 Å². The van der Waals surface area contributed by atoms with Crippen molar-refractivity contribution in [1.82, 2.24) is 0 Å². The van der Waals surface area contributed by atoms with Crippen molar-refractivity contribution in [2.24, 2.45) is 0 Å². The van der Waals surface area contributed by atoms with E-state index in [2.05, 4.69) is 11.3 Å². The molecule has 0 aromatic rings. The number of esters is 1. The molecule has 0 aromatic heterocycles. The Bertz CT molecular complexity index is 535. The first-order chi connectivity index (χ1) is 11.0. The van der Waals surface area contributed by atoms with E-state index in [-0.39, 0.29) is 6.08 Å². The molecule has 0 radical (unpaired) electrons. The van der Waals surface area contributed by atoms with E-state index in [9.17, 15) is 48.7 Å². The smallest absolute Gasteiger partial charge is 0.393 e. The van der Waals surface area contributed by atoms with E-state index in [1.807, 2.05) is 0 Å². The molecule has 0 heterocycles. The average molecular weight is 390 g/mol. The fourth-order valence-electron chi connectivity index (χ4n) is 1.37. The molecule has 0 spiro atoms. The van der Waals surface area contributed by atoms with Crippen molar-refractivity contribution in [2.45, 2.75) is 50.1 Å². The summed E-state index contributed by atoms with van der Waals surface area (Å²) >= 11 is 0. The van der Waals surface area contributed by atoms with E-state index < -0.39 is 60.8 Å². The predicted octanol–water partition coefficient (Wildman–Crippen LogP) is 5.56. The van der Waals surface area contributed by atoms with Gasteiger partial charge in [-0.1, -0.05) is 6.58 Å². The minimum Gasteiger partial charge on any atom is -0.393 e. The van der Waals surface area contributed by atoms with Crippen LogP contribution in [0.4, 0.5) is 43.9 Å². The predicted molar refractivity (Wildman–Crippen MR) is 64.8 cm³/mol. The second-order valence-corrected chi connectivity index (χ2v) is 4.93. The Labute approximate surface area is 135 Å². The second-order valence-electron chi connectivity index (χ2n) is 4.93. The third-order valence-electron chi connectivity index (χ3n) is 2.78. The fourth-order valence-corrected chi connectivity index (χ4v) is 1.37. The van der Waals surface area contributed by atoms with Crippen molar-refractivity contribution in [3.05, 3.63) is 24.3 Å². The molecule has 0 rings (SSSR count). The number of hydrogen-bond donors (Lipinski definition) is 0. The molecule has 0 aliphatic carbocycles. The summed E-state index contributed by atoms with van der Waals surface area (Å²) in [5, 5.41) is 0. The monoisotopic (exact) mass is 390 g/mol. The van der Waals surface area contributed by atoms with Crippen LogP contribution >= 0.6 is 0 Å². The largest absolute Gasteiger partial charge is 0.473 e. The number of carbonyl (C=O) groups excluding carboxylic acids is 1. The van der Waals surface area contributed by atoms with Gasteiger partial charge in [-0.3, -0.25) is 0 Å². The van der Waals surface area contributed by atoms with Crippen molar-refractivity contribution >= 4 is 5.97 Å². The highest BCUT2D eigenvalue weighted by Crippen LogP contribution is 2.54. The van der Waals surface area contributed by atoms with Gasteiger partial charge in [-0.15, -0.1) is 0 Å². The first-order valence-electron chi connectivity index (χ1n) is 6.41. The van der Waals surface area contributed by atoms with Gasteiger partial charge in [-0.25, -0.2) is 4.79 Å². The molecule has 25 heavy (non-hydrogen) atoms. The van der Waals surface area contributed by atoms with Crippen molar-refractivity contribution in [2.75, 3.05) is 0 Å². The number of rotatable bonds is 9. The molecule has 2 nitrogen and oxygen atoms in total. The Morgan fingerprint density at radius 2 is 1.48 bits per heavy atom. The summed E-state index contributed by atoms with van der Waals surface area (Å²) in [6.45, 7) is 3.46. The van der Waals surface area contributed by atoms with Crippen molar-refractivity contribution in [3.63, 3.8) is 0 Å². The third-order valence-corrected chi connectivity index (χ3v) is 2.78. The van der Waals surface area contributed by atoms with Gasteiger partial charge in [0.1, 0.15) is 0 Å². The lowest BCUT2D eigenvalue weighted by molar-refractivity contribution is -0.416. The van der Waals surface area contributed by atoms with Crippen LogP contribution in [0.1, 0.15) is 26.2 Å². The van der Waals surface area contributed by atoms with Gasteiger partial charge in [0.15, 0.2) is 0 Å². The van der Waals surface area contributed by atoms with Gasteiger partial charge in [-0.2, -0.15) is 43.9 Å². The number of carbonyl (C=O) groups is 1. The molecule has 0 aromatic carbocycles. The highest BCUT2D eigenvalue weighted by molar-refractivity contribution is 5.87. The first-order valence-corrected chi connectivity index (χ1v) is 6.41. The lowest BCUT2D eigenvalue weighted by Crippen LogP contribution is -2.63. The second kappa shape index (κ2) is 7.65. The maximum Gasteiger partial charge on any atom is 0.473 e. The molecule has 0 unspecified atom stereocenters. The van der Waals surface area contributed by atoms with E-state index in [1.165, 1.54) is 0 Å². The minimum atomic E-state index is -6.78. The van der Waals surface area contributed by atoms with Crippen molar-refractivity contribution in [1.29, 1.82) is 0 Å². The van der Waals surface area contributed by atoms with Gasteiger partial charge < -0.3 is 4.74 Å². The molecule has 0 N–H and O–H groups in total. The van der Waals surface area contributed by atoms with Crippen LogP contribution in [0.5, 0.6) is 0 Å². The van der Waals surface area contributed by atoms with Crippen LogP contribution in [0.15, 0.2) is 24.3 Å². The summed E-state index contributed by atoms with van der Waals surface area (Å²) in [7, 11) is 0. The summed E-state index contributed by atoms with van der Waals surface area (Å²) in [5.41, 5.74) is -0.870. The molecule has 0 fully saturated rings. The molecule has 0 amide bonds. The number of allylic oxidation sites excluding steroid dienone is 1. The Kier molecular flexibility index (Phi) is 7.11. The molecule has 0 aliphatic heterocycles. The number of hydrogen-bond acceptors (Lipinski definition) is 2. The molecule has 0 saturated heterocycles. The third kappa shape index (κ3) is 5.11. The Morgan fingerprint density at radius 3 is 1.88 bits per heavy atom. The van der Waals surface area contributed by atoms with Crippen LogP contribution in [-0.4, -0.2) is 29.8 Å². The van der Waals surface area contributed by atoms with E-state index in [0.29, 0.717) is 0 Å². The SMILES string of the molecule is C=C(C)C(=O)OC(F)(F)C(F)(F)C(F)(F)C(F)(F)CCCC=C(F)F. The Morgan fingerprint density at radius 1 is 1.00 bits per heavy atom. The van der Waals surface area contributed by atoms with Crippen LogP contribution in [-0.2, 0) is 9.53 Å². The molecular formula is C13H12F10O2. The van der Waals surface area contributed by atoms with Crippen LogP contribution in [0, 0.1) is 0 Å². The van der Waals surface area contributed by atoms with Crippen LogP contribution in [0.25, 0.3) is 0 Å². The first kappa shape index (κ1) is 23.2. The summed E-state index contributed by atoms with van der Waals surface area (Å²) in [6.07, 6.45) is -12.6. The lowest BCUT2D eigenvalue weighted by Gasteiger charge is -2.35. The van der Waals surface area contributed by atoms with E-state index in [1.54, 1.807) is 0 Å². The highest BCUT2D eigenvalue weighted by atomic mass is 19.4.